The minimum Gasteiger partial charge on any atom is -0.383 e. The number of nitrogens with zero attached hydrogens (tertiary/aromatic N) is 1. The maximum absolute atomic E-state index is 12.3. The van der Waals surface area contributed by atoms with E-state index in [0.29, 0.717) is 13.2 Å². The smallest absolute Gasteiger partial charge is 0.226 e. The lowest BCUT2D eigenvalue weighted by atomic mass is 10.1. The number of rotatable bonds is 7. The molecule has 0 aliphatic carbocycles. The molecule has 1 aromatic heterocycles. The van der Waals surface area contributed by atoms with Crippen molar-refractivity contribution in [3.8, 4) is 21.0 Å². The number of nitrogens with one attached hydrogen (secondary N) is 1. The number of aromatic nitrogens is 1. The summed E-state index contributed by atoms with van der Waals surface area (Å²) in [5.74, 6) is -0.0414. The fourth-order valence-electron chi connectivity index (χ4n) is 2.61. The van der Waals surface area contributed by atoms with Gasteiger partial charge in [0.15, 0.2) is 0 Å². The average molecular weight is 366 g/mol. The molecular weight excluding hydrogens is 344 g/mol. The van der Waals surface area contributed by atoms with E-state index in [1.807, 2.05) is 30.3 Å². The van der Waals surface area contributed by atoms with E-state index in [2.05, 4.69) is 36.5 Å². The monoisotopic (exact) mass is 366 g/mol. The van der Waals surface area contributed by atoms with Crippen LogP contribution in [0.4, 0.5) is 0 Å². The van der Waals surface area contributed by atoms with Gasteiger partial charge in [0.2, 0.25) is 5.91 Å². The summed E-state index contributed by atoms with van der Waals surface area (Å²) in [7, 11) is 1.62. The lowest BCUT2D eigenvalue weighted by molar-refractivity contribution is -0.120. The normalized spacial score (nSPS) is 10.7. The van der Waals surface area contributed by atoms with Gasteiger partial charge in [0.1, 0.15) is 5.01 Å². The van der Waals surface area contributed by atoms with Crippen molar-refractivity contribution in [1.29, 1.82) is 0 Å². The van der Waals surface area contributed by atoms with Gasteiger partial charge in [-0.3, -0.25) is 4.79 Å². The topological polar surface area (TPSA) is 51.2 Å². The van der Waals surface area contributed by atoms with Crippen LogP contribution >= 0.6 is 11.3 Å². The summed E-state index contributed by atoms with van der Waals surface area (Å²) in [6.45, 7) is 3.07. The van der Waals surface area contributed by atoms with Crippen molar-refractivity contribution in [2.75, 3.05) is 20.3 Å². The summed E-state index contributed by atoms with van der Waals surface area (Å²) in [6.07, 6.45) is 0.260. The third-order valence-electron chi connectivity index (χ3n) is 3.99. The highest BCUT2D eigenvalue weighted by Crippen LogP contribution is 2.35. The Labute approximate surface area is 157 Å². The second kappa shape index (κ2) is 8.74. The van der Waals surface area contributed by atoms with Crippen molar-refractivity contribution in [2.45, 2.75) is 13.3 Å². The number of carbonyl (C=O) groups excluding carboxylic acids is 1. The zero-order valence-electron chi connectivity index (χ0n) is 15.0. The quantitative estimate of drug-likeness (QED) is 0.641. The second-order valence-electron chi connectivity index (χ2n) is 6.05. The molecule has 26 heavy (non-hydrogen) atoms. The molecule has 0 unspecified atom stereocenters. The number of benzene rings is 2. The van der Waals surface area contributed by atoms with Crippen LogP contribution in [0, 0.1) is 6.92 Å². The van der Waals surface area contributed by atoms with Crippen LogP contribution in [0.3, 0.4) is 0 Å². The zero-order valence-corrected chi connectivity index (χ0v) is 15.8. The van der Waals surface area contributed by atoms with Crippen LogP contribution in [0.2, 0.25) is 0 Å². The minimum atomic E-state index is -0.0414. The van der Waals surface area contributed by atoms with Crippen molar-refractivity contribution in [1.82, 2.24) is 10.3 Å². The predicted molar refractivity (Wildman–Crippen MR) is 106 cm³/mol. The van der Waals surface area contributed by atoms with E-state index < -0.39 is 0 Å². The number of methoxy groups -OCH3 is 1. The van der Waals surface area contributed by atoms with Gasteiger partial charge in [-0.25, -0.2) is 4.98 Å². The van der Waals surface area contributed by atoms with E-state index in [1.165, 1.54) is 5.56 Å². The standard InChI is InChI=1S/C21H22N2O2S/c1-15-8-10-16(11-9-15)20-18(14-19(24)22-12-13-25-2)23-21(26-20)17-6-4-3-5-7-17/h3-11H,12-14H2,1-2H3,(H,22,24). The highest BCUT2D eigenvalue weighted by molar-refractivity contribution is 7.18. The molecule has 4 nitrogen and oxygen atoms in total. The molecule has 0 fully saturated rings. The first kappa shape index (κ1) is 18.3. The molecule has 0 atom stereocenters. The highest BCUT2D eigenvalue weighted by atomic mass is 32.1. The first-order valence-corrected chi connectivity index (χ1v) is 9.37. The van der Waals surface area contributed by atoms with Crippen LogP contribution in [-0.2, 0) is 16.0 Å². The Morgan fingerprint density at radius 3 is 2.50 bits per heavy atom. The van der Waals surface area contributed by atoms with E-state index in [1.54, 1.807) is 18.4 Å². The summed E-state index contributed by atoms with van der Waals surface area (Å²) in [5, 5.41) is 3.80. The molecule has 1 amide bonds. The van der Waals surface area contributed by atoms with Gasteiger partial charge in [-0.05, 0) is 12.5 Å². The van der Waals surface area contributed by atoms with Crippen LogP contribution in [0.15, 0.2) is 54.6 Å². The molecule has 0 saturated carbocycles. The molecule has 0 radical (unpaired) electrons. The van der Waals surface area contributed by atoms with Gasteiger partial charge >= 0.3 is 0 Å². The van der Waals surface area contributed by atoms with Gasteiger partial charge in [0, 0.05) is 19.2 Å². The lowest BCUT2D eigenvalue weighted by Crippen LogP contribution is -2.28. The summed E-state index contributed by atoms with van der Waals surface area (Å²) in [5.41, 5.74) is 4.18. The number of hydrogen-bond donors (Lipinski definition) is 1. The number of hydrogen-bond acceptors (Lipinski definition) is 4. The molecule has 0 spiro atoms. The van der Waals surface area contributed by atoms with Gasteiger partial charge < -0.3 is 10.1 Å². The van der Waals surface area contributed by atoms with E-state index in [-0.39, 0.29) is 12.3 Å². The molecule has 134 valence electrons. The molecule has 1 heterocycles. The number of carbonyl (C=O) groups is 1. The second-order valence-corrected chi connectivity index (χ2v) is 7.05. The van der Waals surface area contributed by atoms with E-state index in [9.17, 15) is 4.79 Å². The maximum Gasteiger partial charge on any atom is 0.226 e. The molecule has 0 saturated heterocycles. The molecule has 0 aliphatic rings. The van der Waals surface area contributed by atoms with Gasteiger partial charge in [-0.1, -0.05) is 60.2 Å². The van der Waals surface area contributed by atoms with Gasteiger partial charge in [-0.2, -0.15) is 0 Å². The number of amides is 1. The van der Waals surface area contributed by atoms with Crippen molar-refractivity contribution < 1.29 is 9.53 Å². The van der Waals surface area contributed by atoms with E-state index in [0.717, 1.165) is 26.7 Å². The molecule has 3 aromatic rings. The Bertz CT molecular complexity index is 857. The molecule has 5 heteroatoms. The van der Waals surface area contributed by atoms with Crippen LogP contribution < -0.4 is 5.32 Å². The van der Waals surface area contributed by atoms with Gasteiger partial charge in [0.05, 0.1) is 23.6 Å². The number of thiazole rings is 1. The molecule has 1 N–H and O–H groups in total. The van der Waals surface area contributed by atoms with Gasteiger partial charge in [-0.15, -0.1) is 11.3 Å². The summed E-state index contributed by atoms with van der Waals surface area (Å²) in [6, 6.07) is 18.4. The first-order chi connectivity index (χ1) is 12.7. The maximum atomic E-state index is 12.3. The molecule has 0 bridgehead atoms. The number of ether oxygens (including phenoxy) is 1. The van der Waals surface area contributed by atoms with Crippen molar-refractivity contribution >= 4 is 17.2 Å². The summed E-state index contributed by atoms with van der Waals surface area (Å²) in [4.78, 5) is 18.1. The average Bonchev–Trinajstić information content (AvgIpc) is 3.07. The SMILES string of the molecule is COCCNC(=O)Cc1nc(-c2ccccc2)sc1-c1ccc(C)cc1. The van der Waals surface area contributed by atoms with Crippen molar-refractivity contribution in [3.63, 3.8) is 0 Å². The first-order valence-electron chi connectivity index (χ1n) is 8.55. The number of aryl methyl sites for hydroxylation is 1. The molecule has 2 aromatic carbocycles. The van der Waals surface area contributed by atoms with Crippen LogP contribution in [0.5, 0.6) is 0 Å². The van der Waals surface area contributed by atoms with Crippen molar-refractivity contribution in [3.05, 3.63) is 65.9 Å². The van der Waals surface area contributed by atoms with Crippen LogP contribution in [0.25, 0.3) is 21.0 Å². The zero-order chi connectivity index (χ0) is 18.4. The molecule has 0 aliphatic heterocycles. The summed E-state index contributed by atoms with van der Waals surface area (Å²) >= 11 is 1.63. The fraction of sp³-hybridized carbons (Fsp3) is 0.238. The Hall–Kier alpha value is -2.50. The third kappa shape index (κ3) is 4.56. The third-order valence-corrected chi connectivity index (χ3v) is 5.18. The largest absolute Gasteiger partial charge is 0.383 e. The predicted octanol–water partition coefficient (Wildman–Crippen LogP) is 4.09. The Morgan fingerprint density at radius 2 is 1.81 bits per heavy atom. The highest BCUT2D eigenvalue weighted by Gasteiger charge is 2.17. The van der Waals surface area contributed by atoms with Crippen molar-refractivity contribution in [2.24, 2.45) is 0 Å². The summed E-state index contributed by atoms with van der Waals surface area (Å²) < 4.78 is 4.98. The molecule has 3 rings (SSSR count). The van der Waals surface area contributed by atoms with E-state index in [4.69, 9.17) is 9.72 Å². The Balaban J connectivity index is 1.91. The minimum absolute atomic E-state index is 0.0414. The molecular formula is C21H22N2O2S. The Kier molecular flexibility index (Phi) is 6.15. The Morgan fingerprint density at radius 1 is 1.08 bits per heavy atom. The van der Waals surface area contributed by atoms with Crippen LogP contribution in [0.1, 0.15) is 11.3 Å². The fourth-order valence-corrected chi connectivity index (χ4v) is 3.71. The van der Waals surface area contributed by atoms with E-state index >= 15 is 0 Å². The van der Waals surface area contributed by atoms with Gasteiger partial charge in [0.25, 0.3) is 0 Å². The van der Waals surface area contributed by atoms with Crippen LogP contribution in [-0.4, -0.2) is 31.2 Å². The lowest BCUT2D eigenvalue weighted by Gasteiger charge is -2.05.